The van der Waals surface area contributed by atoms with Gasteiger partial charge in [-0.05, 0) is 85.4 Å². The first kappa shape index (κ1) is 71.0. The third-order valence-corrected chi connectivity index (χ3v) is 16.5. The summed E-state index contributed by atoms with van der Waals surface area (Å²) in [6, 6.07) is 7.73. The van der Waals surface area contributed by atoms with Crippen LogP contribution in [0.4, 0.5) is 0 Å². The summed E-state index contributed by atoms with van der Waals surface area (Å²) in [5.41, 5.74) is 16.6. The Balaban J connectivity index is 1.05. The SMILES string of the molecule is CC(C)C[C@H](NC(=O)[C@@H](Cc1c[nH]c2ccccc12)NC(=O)[C@H](Cc1ccc(O)cc1)NC(=O)[C@H](CO)NC(=O)[C@H](Cc1c[nH]c2ccccc12)NC(=O)[C@H](Cc1cnc[nH]1)NC(=O)[C@@H]1CCC(=O)N1)C(=O)N[C@@H](CCCN=C(N)NN)C(=O)N1CCC[C@H]1C(=O)NCC(N)=O. The number of H-pyrrole nitrogens is 3. The number of aromatic hydroxyl groups is 1. The van der Waals surface area contributed by atoms with E-state index in [2.05, 4.69) is 78.2 Å². The molecule has 0 unspecified atom stereocenters. The number of hydrogen-bond donors (Lipinski definition) is 18. The van der Waals surface area contributed by atoms with E-state index in [1.807, 2.05) is 0 Å². The number of aliphatic imine (C=N–C) groups is 1. The molecule has 96 heavy (non-hydrogen) atoms. The van der Waals surface area contributed by atoms with Crippen molar-refractivity contribution in [1.82, 2.24) is 78.1 Å². The molecule has 9 atom stereocenters. The molecule has 0 radical (unpaired) electrons. The Labute approximate surface area is 551 Å². The van der Waals surface area contributed by atoms with Crippen LogP contribution in [0.5, 0.6) is 5.75 Å². The standard InChI is InChI=1S/C64H83N19O13/c1-34(2)23-46(56(89)75-45(13-7-21-69-64(66)82-67)63(96)83-22-8-14-52(83)62(95)72-31-53(65)86)76-58(91)48(25-36-28-70-42-11-5-3-9-40(36)42)78-57(90)47(24-35-15-17-39(85)18-16-35)77-61(94)51(32-84)81-59(92)49(26-37-29-71-43-12-6-4-10-41(37)43)79-60(93)50(27-38-30-68-33-73-38)80-55(88)44-19-20-54(87)74-44/h3-6,9-12,15-18,28-30,33-34,44-52,70-71,84-85H,7-8,13-14,19-27,31-32,67H2,1-2H3,(H2,65,86)(H,68,73)(H,72,95)(H,74,87)(H,75,89)(H,76,91)(H,77,94)(H,78,90)(H,79,93)(H,80,88)(H,81,92)(H3,66,69,82)/t44-,45-,46-,47-,48+,49-,50-,51-,52-/m0/s1. The smallest absolute Gasteiger partial charge is 0.245 e. The van der Waals surface area contributed by atoms with E-state index < -0.39 is 127 Å². The molecule has 6 aromatic rings. The highest BCUT2D eigenvalue weighted by molar-refractivity contribution is 6.00. The number of hydrazine groups is 1. The zero-order valence-electron chi connectivity index (χ0n) is 53.1. The number of rotatable bonds is 33. The fourth-order valence-corrected chi connectivity index (χ4v) is 11.6. The zero-order valence-corrected chi connectivity index (χ0v) is 53.1. The minimum absolute atomic E-state index is 0.0147. The second kappa shape index (κ2) is 33.8. The molecule has 5 heterocycles. The van der Waals surface area contributed by atoms with E-state index in [4.69, 9.17) is 17.3 Å². The number of imidazole rings is 1. The van der Waals surface area contributed by atoms with E-state index in [1.54, 1.807) is 74.8 Å². The van der Waals surface area contributed by atoms with E-state index >= 15 is 9.59 Å². The van der Waals surface area contributed by atoms with Gasteiger partial charge in [-0.1, -0.05) is 62.4 Å². The van der Waals surface area contributed by atoms with Crippen molar-refractivity contribution in [2.45, 2.75) is 139 Å². The predicted octanol–water partition coefficient (Wildman–Crippen LogP) is -2.79. The number of guanidine groups is 1. The Bertz CT molecular complexity index is 3780. The number of amides is 11. The Morgan fingerprint density at radius 2 is 1.20 bits per heavy atom. The van der Waals surface area contributed by atoms with Crippen LogP contribution in [-0.2, 0) is 78.4 Å². The average molecular weight is 1330 g/mol. The Kier molecular flexibility index (Phi) is 25.0. The number of nitrogens with one attached hydrogen (secondary N) is 13. The van der Waals surface area contributed by atoms with Crippen molar-refractivity contribution in [3.8, 4) is 5.75 Å². The Morgan fingerprint density at radius 1 is 0.656 bits per heavy atom. The molecule has 2 aliphatic heterocycles. The van der Waals surface area contributed by atoms with Crippen molar-refractivity contribution in [3.63, 3.8) is 0 Å². The van der Waals surface area contributed by atoms with Gasteiger partial charge in [0, 0.05) is 91.3 Å². The van der Waals surface area contributed by atoms with Crippen LogP contribution in [0.2, 0.25) is 0 Å². The second-order valence-electron chi connectivity index (χ2n) is 24.1. The van der Waals surface area contributed by atoms with Gasteiger partial charge in [0.05, 0.1) is 19.5 Å². The summed E-state index contributed by atoms with van der Waals surface area (Å²) in [5.74, 6) is -3.58. The fourth-order valence-electron chi connectivity index (χ4n) is 11.6. The van der Waals surface area contributed by atoms with Gasteiger partial charge < -0.3 is 89.4 Å². The van der Waals surface area contributed by atoms with Crippen molar-refractivity contribution < 1.29 is 63.0 Å². The van der Waals surface area contributed by atoms with Gasteiger partial charge in [0.25, 0.3) is 0 Å². The number of nitrogens with two attached hydrogens (primary N) is 3. The second-order valence-corrected chi connectivity index (χ2v) is 24.1. The molecule has 0 saturated carbocycles. The number of para-hydroxylation sites is 2. The van der Waals surface area contributed by atoms with E-state index in [9.17, 15) is 53.4 Å². The number of likely N-dealkylation sites (tertiary alicyclic amines) is 1. The summed E-state index contributed by atoms with van der Waals surface area (Å²) in [6.45, 7) is 2.31. The molecule has 8 rings (SSSR count). The van der Waals surface area contributed by atoms with Gasteiger partial charge >= 0.3 is 0 Å². The molecule has 32 nitrogen and oxygen atoms in total. The van der Waals surface area contributed by atoms with Crippen LogP contribution in [0.25, 0.3) is 21.8 Å². The van der Waals surface area contributed by atoms with Gasteiger partial charge in [-0.2, -0.15) is 0 Å². The monoisotopic (exact) mass is 1330 g/mol. The summed E-state index contributed by atoms with van der Waals surface area (Å²) < 4.78 is 0. The minimum atomic E-state index is -1.80. The topological polar surface area (TPSA) is 502 Å². The Morgan fingerprint density at radius 3 is 1.74 bits per heavy atom. The normalized spacial score (nSPS) is 16.8. The molecule has 0 spiro atoms. The minimum Gasteiger partial charge on any atom is -0.508 e. The molecule has 2 fully saturated rings. The largest absolute Gasteiger partial charge is 0.508 e. The van der Waals surface area contributed by atoms with Crippen LogP contribution in [0.3, 0.4) is 0 Å². The summed E-state index contributed by atoms with van der Waals surface area (Å²) in [7, 11) is 0. The number of nitrogens with zero attached hydrogens (tertiary/aromatic N) is 3. The highest BCUT2D eigenvalue weighted by Crippen LogP contribution is 2.24. The van der Waals surface area contributed by atoms with Gasteiger partial charge in [-0.15, -0.1) is 0 Å². The van der Waals surface area contributed by atoms with Crippen LogP contribution in [0.15, 0.2) is 103 Å². The first-order valence-electron chi connectivity index (χ1n) is 31.6. The highest BCUT2D eigenvalue weighted by atomic mass is 16.3. The zero-order chi connectivity index (χ0) is 69.0. The number of carbonyl (C=O) groups is 11. The number of phenols is 1. The van der Waals surface area contributed by atoms with Gasteiger partial charge in [-0.3, -0.25) is 63.2 Å². The molecular formula is C64H83N19O13. The van der Waals surface area contributed by atoms with Crippen LogP contribution in [0, 0.1) is 5.92 Å². The number of benzene rings is 3. The third-order valence-electron chi connectivity index (χ3n) is 16.5. The lowest BCUT2D eigenvalue weighted by Crippen LogP contribution is -2.61. The maximum Gasteiger partial charge on any atom is 0.245 e. The molecule has 2 saturated heterocycles. The van der Waals surface area contributed by atoms with Crippen molar-refractivity contribution in [3.05, 3.63) is 120 Å². The van der Waals surface area contributed by atoms with Crippen LogP contribution in [0.1, 0.15) is 81.2 Å². The summed E-state index contributed by atoms with van der Waals surface area (Å²) in [5, 5.41) is 46.5. The molecule has 11 amide bonds. The van der Waals surface area contributed by atoms with Gasteiger partial charge in [0.2, 0.25) is 70.9 Å². The Hall–Kier alpha value is -10.9. The average Bonchev–Trinajstić information content (AvgIpc) is 1.60. The number of aromatic amines is 3. The number of fused-ring (bicyclic) bond motifs is 2. The maximum absolute atomic E-state index is 15.1. The van der Waals surface area contributed by atoms with Crippen molar-refractivity contribution in [2.75, 3.05) is 26.2 Å². The summed E-state index contributed by atoms with van der Waals surface area (Å²) in [6.07, 6.45) is 6.46. The van der Waals surface area contributed by atoms with E-state index in [0.717, 1.165) is 0 Å². The van der Waals surface area contributed by atoms with Gasteiger partial charge in [0.1, 0.15) is 60.1 Å². The fraction of sp³-hybridized carbons (Fsp3) is 0.422. The van der Waals surface area contributed by atoms with Crippen LogP contribution in [-0.4, -0.2) is 187 Å². The molecule has 3 aromatic heterocycles. The number of aliphatic hydroxyl groups is 1. The van der Waals surface area contributed by atoms with Gasteiger partial charge in [-0.25, -0.2) is 10.8 Å². The molecular weight excluding hydrogens is 1240 g/mol. The van der Waals surface area contributed by atoms with Gasteiger partial charge in [0.15, 0.2) is 0 Å². The van der Waals surface area contributed by atoms with Crippen LogP contribution >= 0.6 is 0 Å². The summed E-state index contributed by atoms with van der Waals surface area (Å²) >= 11 is 0. The van der Waals surface area contributed by atoms with Crippen molar-refractivity contribution >= 4 is 92.7 Å². The quantitative estimate of drug-likeness (QED) is 0.00651. The van der Waals surface area contributed by atoms with E-state index in [1.165, 1.54) is 41.7 Å². The predicted molar refractivity (Wildman–Crippen MR) is 349 cm³/mol. The first-order chi connectivity index (χ1) is 46.1. The number of aliphatic hydroxyl groups excluding tert-OH is 1. The molecule has 3 aromatic carbocycles. The third kappa shape index (κ3) is 19.6. The number of phenolic OH excluding ortho intramolecular Hbond substituents is 1. The van der Waals surface area contributed by atoms with Crippen molar-refractivity contribution in [2.24, 2.45) is 28.2 Å². The summed E-state index contributed by atoms with van der Waals surface area (Å²) in [4.78, 5) is 172. The highest BCUT2D eigenvalue weighted by Gasteiger charge is 2.40. The van der Waals surface area contributed by atoms with E-state index in [-0.39, 0.29) is 101 Å². The van der Waals surface area contributed by atoms with E-state index in [0.29, 0.717) is 50.6 Å². The number of primary amides is 1. The molecule has 0 bridgehead atoms. The first-order valence-corrected chi connectivity index (χ1v) is 31.6. The molecule has 32 heteroatoms. The van der Waals surface area contributed by atoms with Crippen molar-refractivity contribution in [1.29, 1.82) is 0 Å². The number of hydrogen-bond acceptors (Lipinski definition) is 16. The number of aromatic nitrogens is 4. The maximum atomic E-state index is 15.1. The molecule has 0 aliphatic carbocycles. The molecule has 21 N–H and O–H groups in total. The lowest BCUT2D eigenvalue weighted by atomic mass is 9.99. The van der Waals surface area contributed by atoms with Crippen LogP contribution < -0.4 is 70.6 Å². The number of carbonyl (C=O) groups excluding carboxylic acids is 11. The lowest BCUT2D eigenvalue weighted by Gasteiger charge is -2.30. The molecule has 512 valence electrons. The lowest BCUT2D eigenvalue weighted by molar-refractivity contribution is -0.142. The molecule has 2 aliphatic rings.